The van der Waals surface area contributed by atoms with Crippen molar-refractivity contribution in [2.45, 2.75) is 62.5 Å². The zero-order valence-corrected chi connectivity index (χ0v) is 16.4. The van der Waals surface area contributed by atoms with Crippen LogP contribution < -0.4 is 15.2 Å². The van der Waals surface area contributed by atoms with E-state index in [9.17, 15) is 18.0 Å². The third kappa shape index (κ3) is 5.93. The molecule has 27 heavy (non-hydrogen) atoms. The van der Waals surface area contributed by atoms with Crippen LogP contribution in [-0.2, 0) is 19.6 Å². The summed E-state index contributed by atoms with van der Waals surface area (Å²) in [5.74, 6) is -1.11. The Morgan fingerprint density at radius 1 is 1.19 bits per heavy atom. The Morgan fingerprint density at radius 3 is 2.37 bits per heavy atom. The summed E-state index contributed by atoms with van der Waals surface area (Å²) in [6.07, 6.45) is 5.26. The fourth-order valence-corrected chi connectivity index (χ4v) is 3.58. The molecule has 9 heteroatoms. The standard InChI is InChI=1S/C18H26N2O6S/c1-12(17(21)20-13-7-5-3-4-6-8-13)26-18(22)15-11-14(27(19,23)24)9-10-16(15)25-2/h9-13H,3-8H2,1-2H3,(H,20,21)(H2,19,23,24)/t12-/m1/s1. The predicted octanol–water partition coefficient (Wildman–Crippen LogP) is 1.73. The van der Waals surface area contributed by atoms with Crippen LogP contribution in [0.15, 0.2) is 23.1 Å². The summed E-state index contributed by atoms with van der Waals surface area (Å²) in [6.45, 7) is 1.47. The largest absolute Gasteiger partial charge is 0.496 e. The molecule has 0 aliphatic heterocycles. The molecule has 0 aromatic heterocycles. The van der Waals surface area contributed by atoms with Crippen LogP contribution >= 0.6 is 0 Å². The Kier molecular flexibility index (Phi) is 7.20. The molecule has 3 N–H and O–H groups in total. The van der Waals surface area contributed by atoms with Gasteiger partial charge < -0.3 is 14.8 Å². The smallest absolute Gasteiger partial charge is 0.342 e. The van der Waals surface area contributed by atoms with E-state index in [1.165, 1.54) is 26.2 Å². The molecule has 1 aromatic carbocycles. The lowest BCUT2D eigenvalue weighted by molar-refractivity contribution is -0.129. The van der Waals surface area contributed by atoms with Crippen molar-refractivity contribution in [1.82, 2.24) is 5.32 Å². The molecule has 0 spiro atoms. The molecule has 8 nitrogen and oxygen atoms in total. The molecule has 0 radical (unpaired) electrons. The number of hydrogen-bond acceptors (Lipinski definition) is 6. The summed E-state index contributed by atoms with van der Waals surface area (Å²) < 4.78 is 33.3. The van der Waals surface area contributed by atoms with Gasteiger partial charge in [0.2, 0.25) is 10.0 Å². The summed E-state index contributed by atoms with van der Waals surface area (Å²) in [6, 6.07) is 3.70. The summed E-state index contributed by atoms with van der Waals surface area (Å²) in [4.78, 5) is 24.5. The van der Waals surface area contributed by atoms with E-state index >= 15 is 0 Å². The number of nitrogens with two attached hydrogens (primary N) is 1. The summed E-state index contributed by atoms with van der Waals surface area (Å²) >= 11 is 0. The first-order chi connectivity index (χ1) is 12.7. The Labute approximate surface area is 159 Å². The number of hydrogen-bond donors (Lipinski definition) is 2. The van der Waals surface area contributed by atoms with E-state index in [0.29, 0.717) is 0 Å². The topological polar surface area (TPSA) is 125 Å². The molecule has 150 valence electrons. The van der Waals surface area contributed by atoms with E-state index in [-0.39, 0.29) is 28.2 Å². The first kappa shape index (κ1) is 21.2. The van der Waals surface area contributed by atoms with Crippen LogP contribution in [0.4, 0.5) is 0 Å². The zero-order chi connectivity index (χ0) is 20.0. The third-order valence-electron chi connectivity index (χ3n) is 4.57. The van der Waals surface area contributed by atoms with Gasteiger partial charge in [0.15, 0.2) is 6.10 Å². The lowest BCUT2D eigenvalue weighted by Gasteiger charge is -2.20. The second kappa shape index (κ2) is 9.18. The molecular formula is C18H26N2O6S. The van der Waals surface area contributed by atoms with Crippen LogP contribution in [0.25, 0.3) is 0 Å². The Hall–Kier alpha value is -2.13. The van der Waals surface area contributed by atoms with Crippen LogP contribution in [0.5, 0.6) is 5.75 Å². The van der Waals surface area contributed by atoms with Crippen molar-refractivity contribution in [3.8, 4) is 5.75 Å². The van der Waals surface area contributed by atoms with E-state index in [1.807, 2.05) is 0 Å². The van der Waals surface area contributed by atoms with Crippen molar-refractivity contribution < 1.29 is 27.5 Å². The molecule has 2 rings (SSSR count). The number of carbonyl (C=O) groups excluding carboxylic acids is 2. The van der Waals surface area contributed by atoms with E-state index < -0.39 is 22.1 Å². The van der Waals surface area contributed by atoms with Crippen LogP contribution in [0.3, 0.4) is 0 Å². The number of nitrogens with one attached hydrogen (secondary N) is 1. The maximum absolute atomic E-state index is 12.4. The van der Waals surface area contributed by atoms with E-state index in [2.05, 4.69) is 5.32 Å². The SMILES string of the molecule is COc1ccc(S(N)(=O)=O)cc1C(=O)O[C@H](C)C(=O)NC1CCCCCC1. The van der Waals surface area contributed by atoms with Crippen molar-refractivity contribution in [2.75, 3.05) is 7.11 Å². The molecule has 0 saturated heterocycles. The number of rotatable bonds is 6. The highest BCUT2D eigenvalue weighted by Gasteiger charge is 2.25. The van der Waals surface area contributed by atoms with Gasteiger partial charge in [0.25, 0.3) is 5.91 Å². The first-order valence-corrected chi connectivity index (χ1v) is 10.5. The van der Waals surface area contributed by atoms with Crippen LogP contribution in [0.1, 0.15) is 55.8 Å². The van der Waals surface area contributed by atoms with Gasteiger partial charge in [-0.1, -0.05) is 25.7 Å². The number of ether oxygens (including phenoxy) is 2. The number of carbonyl (C=O) groups is 2. The Morgan fingerprint density at radius 2 is 1.81 bits per heavy atom. The van der Waals surface area contributed by atoms with Gasteiger partial charge in [-0.2, -0.15) is 0 Å². The minimum absolute atomic E-state index is 0.0846. The van der Waals surface area contributed by atoms with E-state index in [0.717, 1.165) is 44.6 Å². The van der Waals surface area contributed by atoms with Crippen molar-refractivity contribution in [2.24, 2.45) is 5.14 Å². The average Bonchev–Trinajstić information content (AvgIpc) is 2.88. The lowest BCUT2D eigenvalue weighted by atomic mass is 10.1. The van der Waals surface area contributed by atoms with Gasteiger partial charge in [0.1, 0.15) is 11.3 Å². The lowest BCUT2D eigenvalue weighted by Crippen LogP contribution is -2.41. The highest BCUT2D eigenvalue weighted by atomic mass is 32.2. The molecule has 0 unspecified atom stereocenters. The quantitative estimate of drug-likeness (QED) is 0.555. The molecule has 1 saturated carbocycles. The number of primary sulfonamides is 1. The van der Waals surface area contributed by atoms with Gasteiger partial charge in [0, 0.05) is 6.04 Å². The summed E-state index contributed by atoms with van der Waals surface area (Å²) in [5, 5.41) is 8.02. The molecule has 1 amide bonds. The van der Waals surface area contributed by atoms with E-state index in [4.69, 9.17) is 14.6 Å². The van der Waals surface area contributed by atoms with Gasteiger partial charge in [-0.05, 0) is 38.0 Å². The molecule has 1 fully saturated rings. The number of esters is 1. The second-order valence-corrected chi connectivity index (χ2v) is 8.21. The van der Waals surface area contributed by atoms with Gasteiger partial charge in [-0.15, -0.1) is 0 Å². The molecule has 0 bridgehead atoms. The number of amides is 1. The number of methoxy groups -OCH3 is 1. The second-order valence-electron chi connectivity index (χ2n) is 6.65. The first-order valence-electron chi connectivity index (χ1n) is 8.94. The molecule has 1 atom stereocenters. The molecule has 1 aliphatic carbocycles. The van der Waals surface area contributed by atoms with Crippen molar-refractivity contribution in [3.63, 3.8) is 0 Å². The van der Waals surface area contributed by atoms with Gasteiger partial charge >= 0.3 is 5.97 Å². The molecule has 0 heterocycles. The minimum Gasteiger partial charge on any atom is -0.496 e. The highest BCUT2D eigenvalue weighted by Crippen LogP contribution is 2.23. The fourth-order valence-electron chi connectivity index (χ4n) is 3.04. The van der Waals surface area contributed by atoms with Gasteiger partial charge in [-0.25, -0.2) is 18.4 Å². The molecule has 1 aromatic rings. The van der Waals surface area contributed by atoms with E-state index in [1.54, 1.807) is 0 Å². The molecular weight excluding hydrogens is 372 g/mol. The predicted molar refractivity (Wildman–Crippen MR) is 98.9 cm³/mol. The van der Waals surface area contributed by atoms with Crippen molar-refractivity contribution >= 4 is 21.9 Å². The van der Waals surface area contributed by atoms with Crippen molar-refractivity contribution in [1.29, 1.82) is 0 Å². The van der Waals surface area contributed by atoms with Crippen LogP contribution in [0, 0.1) is 0 Å². The monoisotopic (exact) mass is 398 g/mol. The third-order valence-corrected chi connectivity index (χ3v) is 5.48. The van der Waals surface area contributed by atoms with Crippen molar-refractivity contribution in [3.05, 3.63) is 23.8 Å². The Bertz CT molecular complexity index is 785. The maximum Gasteiger partial charge on any atom is 0.342 e. The van der Waals surface area contributed by atoms with Crippen LogP contribution in [0.2, 0.25) is 0 Å². The van der Waals surface area contributed by atoms with Gasteiger partial charge in [0.05, 0.1) is 12.0 Å². The summed E-state index contributed by atoms with van der Waals surface area (Å²) in [7, 11) is -2.66. The Balaban J connectivity index is 2.07. The summed E-state index contributed by atoms with van der Waals surface area (Å²) in [5.41, 5.74) is -0.113. The average molecular weight is 398 g/mol. The minimum atomic E-state index is -3.99. The zero-order valence-electron chi connectivity index (χ0n) is 15.6. The fraction of sp³-hybridized carbons (Fsp3) is 0.556. The maximum atomic E-state index is 12.4. The number of benzene rings is 1. The normalized spacial score (nSPS) is 16.9. The molecule has 1 aliphatic rings. The van der Waals surface area contributed by atoms with Gasteiger partial charge in [-0.3, -0.25) is 4.79 Å². The highest BCUT2D eigenvalue weighted by molar-refractivity contribution is 7.89. The van der Waals surface area contributed by atoms with Crippen LogP contribution in [-0.4, -0.2) is 39.5 Å². The number of sulfonamides is 1.